The van der Waals surface area contributed by atoms with Gasteiger partial charge < -0.3 is 0 Å². The number of hydrogen-bond acceptors (Lipinski definition) is 0. The summed E-state index contributed by atoms with van der Waals surface area (Å²) in [4.78, 5) is 0. The molecule has 0 N–H and O–H groups in total. The summed E-state index contributed by atoms with van der Waals surface area (Å²) in [6.45, 7) is 98.7. The van der Waals surface area contributed by atoms with Crippen molar-refractivity contribution >= 4 is 123 Å². The number of benzene rings is 2. The van der Waals surface area contributed by atoms with E-state index >= 15 is 0 Å². The summed E-state index contributed by atoms with van der Waals surface area (Å²) in [5.74, 6) is 0. The lowest BCUT2D eigenvalue weighted by Gasteiger charge is -2.46. The van der Waals surface area contributed by atoms with Gasteiger partial charge in [-0.25, -0.2) is 0 Å². The monoisotopic (exact) mass is 1160 g/mol. The highest BCUT2D eigenvalue weighted by molar-refractivity contribution is 7.91. The Bertz CT molecular complexity index is 1740. The van der Waals surface area contributed by atoms with Crippen LogP contribution in [0.5, 0.6) is 0 Å². The van der Waals surface area contributed by atoms with E-state index in [0.29, 0.717) is 20.7 Å². The Morgan fingerprint density at radius 3 is 0.426 bits per heavy atom. The summed E-state index contributed by atoms with van der Waals surface area (Å²) >= 11 is 0. The molecule has 0 atom stereocenters. The highest BCUT2D eigenvalue weighted by Crippen LogP contribution is 2.49. The molecule has 0 spiro atoms. The molecule has 0 aliphatic carbocycles. The van der Waals surface area contributed by atoms with Crippen LogP contribution in [0.25, 0.3) is 0 Å². The minimum atomic E-state index is -1.69. The van der Waals surface area contributed by atoms with Crippen molar-refractivity contribution in [1.29, 1.82) is 0 Å². The van der Waals surface area contributed by atoms with Crippen LogP contribution in [0.15, 0.2) is 24.3 Å². The summed E-state index contributed by atoms with van der Waals surface area (Å²) in [5, 5.41) is 7.97. The first-order valence-electron chi connectivity index (χ1n) is 27.2. The fourth-order valence-electron chi connectivity index (χ4n) is 16.5. The maximum atomic E-state index is 2.98. The first kappa shape index (κ1) is 65.8. The second-order valence-corrected chi connectivity index (χ2v) is 105. The molecule has 0 unspecified atom stereocenters. The van der Waals surface area contributed by atoms with E-state index < -0.39 is 96.9 Å². The Morgan fingerprint density at radius 1 is 0.206 bits per heavy atom. The Labute approximate surface area is 443 Å². The molecule has 0 nitrogen and oxygen atoms in total. The van der Waals surface area contributed by atoms with E-state index in [1.807, 2.05) is 32.9 Å². The molecule has 0 aromatic heterocycles. The molecule has 2 aromatic rings. The van der Waals surface area contributed by atoms with Gasteiger partial charge in [-0.15, -0.1) is 0 Å². The van der Waals surface area contributed by atoms with Crippen LogP contribution in [0.2, 0.25) is 236 Å². The minimum Gasteiger partial charge on any atom is -0.0693 e. The quantitative estimate of drug-likeness (QED) is 0.0916. The Balaban J connectivity index is 3.92. The fourth-order valence-corrected chi connectivity index (χ4v) is 97.2. The molecule has 0 radical (unpaired) electrons. The molecule has 392 valence electrons. The summed E-state index contributed by atoms with van der Waals surface area (Å²) < 4.78 is 0. The highest BCUT2D eigenvalue weighted by Gasteiger charge is 2.49. The Kier molecular flexibility index (Phi) is 20.5. The van der Waals surface area contributed by atoms with Gasteiger partial charge in [0.15, 0.2) is 0 Å². The molecule has 2 rings (SSSR count). The second kappa shape index (κ2) is 21.2. The molecule has 14 heteroatoms. The van der Waals surface area contributed by atoms with Crippen LogP contribution in [0.4, 0.5) is 0 Å². The van der Waals surface area contributed by atoms with Crippen molar-refractivity contribution in [2.75, 3.05) is 0 Å². The van der Waals surface area contributed by atoms with Gasteiger partial charge in [-0.1, -0.05) is 260 Å². The maximum absolute atomic E-state index is 2.98. The molecule has 0 aliphatic rings. The van der Waals surface area contributed by atoms with E-state index in [4.69, 9.17) is 0 Å². The zero-order valence-corrected chi connectivity index (χ0v) is 66.5. The third-order valence-corrected chi connectivity index (χ3v) is 73.8. The van der Waals surface area contributed by atoms with Gasteiger partial charge in [0.25, 0.3) is 0 Å². The molecule has 0 heterocycles. The lowest BCUT2D eigenvalue weighted by molar-refractivity contribution is 1.10. The number of rotatable bonds is 20. The molecule has 68 heavy (non-hydrogen) atoms. The molecule has 2 aromatic carbocycles. The molecule has 0 saturated heterocycles. The standard InChI is InChI=1S/C54H118P2Si12/c1-57(2,3)49(58(4,5)6)41-37-43(51(61(13,14)15)62(16,17)18)47(44(38-41)52(63(19,20)21)64(22,23)24)55-56-48-45(53(65(25,26)27)66(28,29)30)39-42(50(59(7,8)9)60(10,11)12)40-46(48)54(67(31,32)33)68(34,35)36/h37-40,49-54H,1-36H3. The normalized spacial score (nSPS) is 15.5. The SMILES string of the molecule is C[Si](C)(C)C(c1cc(C([Si](C)(C)C)[Si](C)(C)C)c(P=Pc2c(C([Si](C)(C)C)[Si](C)(C)C)cc(C([Si](C)(C)C)[Si](C)(C)C)cc2C([Si](C)(C)C)[Si](C)(C)C)c(C([Si](C)(C)C)[Si](C)(C)C)c1)[Si](C)(C)C. The van der Waals surface area contributed by atoms with Crippen molar-refractivity contribution in [3.8, 4) is 0 Å². The first-order chi connectivity index (χ1) is 29.4. The van der Waals surface area contributed by atoms with E-state index in [-0.39, 0.29) is 0 Å². The second-order valence-electron chi connectivity index (χ2n) is 35.3. The van der Waals surface area contributed by atoms with Gasteiger partial charge in [-0.2, -0.15) is 0 Å². The van der Waals surface area contributed by atoms with E-state index in [2.05, 4.69) is 260 Å². The average molecular weight is 1170 g/mol. The summed E-state index contributed by atoms with van der Waals surface area (Å²) in [7, 11) is -16.6. The molecule has 0 aliphatic heterocycles. The fraction of sp³-hybridized carbons (Fsp3) is 0.778. The van der Waals surface area contributed by atoms with Crippen LogP contribution >= 0.6 is 15.7 Å². The van der Waals surface area contributed by atoms with Crippen LogP contribution in [0.3, 0.4) is 0 Å². The third kappa shape index (κ3) is 16.6. The van der Waals surface area contributed by atoms with Crippen molar-refractivity contribution in [3.05, 3.63) is 57.6 Å². The molecular weight excluding hydrogens is 1050 g/mol. The Hall–Kier alpha value is 1.64. The maximum Gasteiger partial charge on any atom is 0.0493 e. The average Bonchev–Trinajstić information content (AvgIpc) is 2.92. The van der Waals surface area contributed by atoms with Gasteiger partial charge in [-0.3, -0.25) is 0 Å². The predicted molar refractivity (Wildman–Crippen MR) is 363 cm³/mol. The minimum absolute atomic E-state index is 0.711. The molecule has 0 bridgehead atoms. The van der Waals surface area contributed by atoms with E-state index in [1.165, 1.54) is 0 Å². The lowest BCUT2D eigenvalue weighted by Crippen LogP contribution is -2.52. The third-order valence-electron chi connectivity index (χ3n) is 14.9. The van der Waals surface area contributed by atoms with Gasteiger partial charge in [0.2, 0.25) is 0 Å². The van der Waals surface area contributed by atoms with Gasteiger partial charge in [0.1, 0.15) is 0 Å². The van der Waals surface area contributed by atoms with Crippen LogP contribution < -0.4 is 10.6 Å². The van der Waals surface area contributed by atoms with E-state index in [1.54, 1.807) is 26.9 Å². The summed E-state index contributed by atoms with van der Waals surface area (Å²) in [6, 6.07) is 11.9. The summed E-state index contributed by atoms with van der Waals surface area (Å²) in [5.41, 5.74) is 11.0. The zero-order chi connectivity index (χ0) is 54.3. The van der Waals surface area contributed by atoms with Crippen molar-refractivity contribution < 1.29 is 0 Å². The molecular formula is C54H118P2Si12. The van der Waals surface area contributed by atoms with E-state index in [0.717, 1.165) is 10.3 Å². The predicted octanol–water partition coefficient (Wildman–Crippen LogP) is 20.5. The highest BCUT2D eigenvalue weighted by atomic mass is 31.7. The number of hydrogen-bond donors (Lipinski definition) is 0. The van der Waals surface area contributed by atoms with Crippen LogP contribution in [0.1, 0.15) is 64.4 Å². The van der Waals surface area contributed by atoms with Gasteiger partial charge in [-0.05, 0) is 80.1 Å². The topological polar surface area (TPSA) is 0 Å². The van der Waals surface area contributed by atoms with Crippen LogP contribution in [-0.2, 0) is 0 Å². The van der Waals surface area contributed by atoms with Gasteiger partial charge >= 0.3 is 0 Å². The first-order valence-corrected chi connectivity index (χ1v) is 72.6. The van der Waals surface area contributed by atoms with Crippen LogP contribution in [-0.4, -0.2) is 96.9 Å². The Morgan fingerprint density at radius 2 is 0.324 bits per heavy atom. The van der Waals surface area contributed by atoms with Gasteiger partial charge in [0.05, 0.1) is 0 Å². The van der Waals surface area contributed by atoms with Gasteiger partial charge in [0, 0.05) is 107 Å². The van der Waals surface area contributed by atoms with Crippen molar-refractivity contribution in [2.24, 2.45) is 0 Å². The van der Waals surface area contributed by atoms with Crippen molar-refractivity contribution in [2.45, 2.75) is 267 Å². The van der Waals surface area contributed by atoms with Crippen LogP contribution in [0, 0.1) is 0 Å². The van der Waals surface area contributed by atoms with E-state index in [9.17, 15) is 0 Å². The smallest absolute Gasteiger partial charge is 0.0493 e. The molecule has 0 saturated carbocycles. The largest absolute Gasteiger partial charge is 0.0693 e. The van der Waals surface area contributed by atoms with Crippen molar-refractivity contribution in [3.63, 3.8) is 0 Å². The summed E-state index contributed by atoms with van der Waals surface area (Å²) in [6.07, 6.45) is 0. The lowest BCUT2D eigenvalue weighted by atomic mass is 10.1. The molecule has 0 amide bonds. The zero-order valence-electron chi connectivity index (χ0n) is 52.7. The van der Waals surface area contributed by atoms with Crippen molar-refractivity contribution in [1.82, 2.24) is 0 Å². The molecule has 0 fully saturated rings.